The SMILES string of the molecule is CC1(C)c2ccc([nH]2)-c2cnc([nH]2)C(C)(C)c2nc3c4nc1n(-c1ccccc1)c4ccc3n2-c1ccccc1. The molecule has 7 nitrogen and oxygen atoms in total. The van der Waals surface area contributed by atoms with Crippen LogP contribution in [0.15, 0.2) is 91.1 Å². The van der Waals surface area contributed by atoms with E-state index in [-0.39, 0.29) is 0 Å². The molecule has 0 amide bonds. The van der Waals surface area contributed by atoms with Crippen molar-refractivity contribution in [2.45, 2.75) is 38.5 Å². The second-order valence-corrected chi connectivity index (χ2v) is 11.7. The minimum absolute atomic E-state index is 0.434. The van der Waals surface area contributed by atoms with Crippen molar-refractivity contribution < 1.29 is 0 Å². The zero-order valence-electron chi connectivity index (χ0n) is 22.9. The van der Waals surface area contributed by atoms with E-state index in [9.17, 15) is 0 Å². The van der Waals surface area contributed by atoms with E-state index in [1.54, 1.807) is 0 Å². The zero-order chi connectivity index (χ0) is 27.2. The monoisotopic (exact) mass is 523 g/mol. The molecule has 7 aromatic rings. The maximum Gasteiger partial charge on any atom is 0.127 e. The molecule has 4 aromatic heterocycles. The number of nitrogens with one attached hydrogen (secondary N) is 2. The van der Waals surface area contributed by atoms with Crippen LogP contribution in [-0.2, 0) is 10.8 Å². The smallest absolute Gasteiger partial charge is 0.127 e. The molecule has 0 aliphatic carbocycles. The summed E-state index contributed by atoms with van der Waals surface area (Å²) in [4.78, 5) is 23.0. The minimum Gasteiger partial charge on any atom is -0.356 e. The van der Waals surface area contributed by atoms with Crippen molar-refractivity contribution in [1.29, 1.82) is 0 Å². The Morgan fingerprint density at radius 1 is 0.575 bits per heavy atom. The fourth-order valence-corrected chi connectivity index (χ4v) is 6.11. The summed E-state index contributed by atoms with van der Waals surface area (Å²) in [5.74, 6) is 2.71. The Balaban J connectivity index is 1.57. The number of H-pyrrole nitrogens is 2. The van der Waals surface area contributed by atoms with Gasteiger partial charge in [-0.05, 0) is 76.2 Å². The molecule has 0 saturated carbocycles. The van der Waals surface area contributed by atoms with E-state index in [4.69, 9.17) is 15.0 Å². The first kappa shape index (κ1) is 23.0. The number of para-hydroxylation sites is 2. The highest BCUT2D eigenvalue weighted by Gasteiger charge is 2.37. The van der Waals surface area contributed by atoms with Gasteiger partial charge in [0, 0.05) is 17.1 Å². The molecule has 40 heavy (non-hydrogen) atoms. The van der Waals surface area contributed by atoms with Crippen LogP contribution in [0.25, 0.3) is 44.8 Å². The van der Waals surface area contributed by atoms with Gasteiger partial charge >= 0.3 is 0 Å². The molecule has 0 spiro atoms. The maximum atomic E-state index is 5.41. The van der Waals surface area contributed by atoms with Crippen molar-refractivity contribution in [2.75, 3.05) is 0 Å². The summed E-state index contributed by atoms with van der Waals surface area (Å²) in [6.07, 6.45) is 1.91. The van der Waals surface area contributed by atoms with Crippen molar-refractivity contribution in [2.24, 2.45) is 0 Å². The third-order valence-electron chi connectivity index (χ3n) is 8.41. The Morgan fingerprint density at radius 2 is 1.12 bits per heavy atom. The van der Waals surface area contributed by atoms with Gasteiger partial charge in [-0.1, -0.05) is 36.4 Å². The van der Waals surface area contributed by atoms with Crippen LogP contribution in [0.2, 0.25) is 0 Å². The Labute approximate surface area is 231 Å². The van der Waals surface area contributed by atoms with E-state index >= 15 is 0 Å². The van der Waals surface area contributed by atoms with Gasteiger partial charge in [-0.3, -0.25) is 9.13 Å². The van der Waals surface area contributed by atoms with Gasteiger partial charge < -0.3 is 9.97 Å². The fourth-order valence-electron chi connectivity index (χ4n) is 6.11. The Kier molecular flexibility index (Phi) is 4.50. The summed E-state index contributed by atoms with van der Waals surface area (Å²) in [5, 5.41) is 0. The second-order valence-electron chi connectivity index (χ2n) is 11.7. The average Bonchev–Trinajstić information content (AvgIpc) is 3.76. The number of fused-ring (bicyclic) bond motifs is 7. The summed E-state index contributed by atoms with van der Waals surface area (Å²) >= 11 is 0. The quantitative estimate of drug-likeness (QED) is 0.255. The minimum atomic E-state index is -0.525. The molecule has 0 radical (unpaired) electrons. The molecule has 0 saturated heterocycles. The summed E-state index contributed by atoms with van der Waals surface area (Å²) in [6, 6.07) is 29.6. The lowest BCUT2D eigenvalue weighted by Crippen LogP contribution is -2.25. The molecule has 196 valence electrons. The van der Waals surface area contributed by atoms with Crippen LogP contribution in [0.3, 0.4) is 0 Å². The number of benzene rings is 3. The van der Waals surface area contributed by atoms with E-state index in [2.05, 4.69) is 120 Å². The summed E-state index contributed by atoms with van der Waals surface area (Å²) in [7, 11) is 0. The van der Waals surface area contributed by atoms with E-state index < -0.39 is 10.8 Å². The summed E-state index contributed by atoms with van der Waals surface area (Å²) in [6.45, 7) is 8.80. The van der Waals surface area contributed by atoms with Crippen molar-refractivity contribution in [1.82, 2.24) is 34.1 Å². The van der Waals surface area contributed by atoms with Gasteiger partial charge in [0.1, 0.15) is 28.5 Å². The standard InChI is InChI=1S/C33H29N7/c1-32(2)26-18-15-22(35-26)23-19-34-29(36-23)33(3,4)31-38-28-25(40(31)21-13-9-6-10-14-21)17-16-24-27(28)37-30(32)39(24)20-11-7-5-8-12-20/h5-19,35H,1-4H3,(H,34,36). The van der Waals surface area contributed by atoms with Crippen molar-refractivity contribution in [3.05, 3.63) is 114 Å². The largest absolute Gasteiger partial charge is 0.356 e. The molecule has 1 aliphatic rings. The third kappa shape index (κ3) is 3.03. The van der Waals surface area contributed by atoms with Crippen LogP contribution in [0.4, 0.5) is 0 Å². The first-order chi connectivity index (χ1) is 19.3. The van der Waals surface area contributed by atoms with E-state index in [1.807, 2.05) is 18.3 Å². The highest BCUT2D eigenvalue weighted by Crippen LogP contribution is 2.41. The molecule has 8 bridgehead atoms. The van der Waals surface area contributed by atoms with Gasteiger partial charge in [0.2, 0.25) is 0 Å². The normalized spacial score (nSPS) is 15.4. The van der Waals surface area contributed by atoms with Crippen LogP contribution >= 0.6 is 0 Å². The molecule has 5 heterocycles. The molecule has 0 fully saturated rings. The molecule has 1 aliphatic heterocycles. The van der Waals surface area contributed by atoms with Crippen molar-refractivity contribution in [3.8, 4) is 22.8 Å². The lowest BCUT2D eigenvalue weighted by Gasteiger charge is -2.25. The Bertz CT molecular complexity index is 1900. The van der Waals surface area contributed by atoms with Crippen LogP contribution in [0, 0.1) is 0 Å². The van der Waals surface area contributed by atoms with Gasteiger partial charge in [-0.2, -0.15) is 0 Å². The lowest BCUT2D eigenvalue weighted by molar-refractivity contribution is 0.550. The van der Waals surface area contributed by atoms with Gasteiger partial charge in [0.25, 0.3) is 0 Å². The topological polar surface area (TPSA) is 80.1 Å². The zero-order valence-corrected chi connectivity index (χ0v) is 22.9. The van der Waals surface area contributed by atoms with Gasteiger partial charge in [-0.25, -0.2) is 15.0 Å². The maximum absolute atomic E-state index is 5.41. The van der Waals surface area contributed by atoms with Gasteiger partial charge in [0.05, 0.1) is 39.4 Å². The molecule has 3 aromatic carbocycles. The van der Waals surface area contributed by atoms with Gasteiger partial charge in [-0.15, -0.1) is 0 Å². The van der Waals surface area contributed by atoms with E-state index in [0.717, 1.165) is 68.0 Å². The number of aromatic nitrogens is 7. The molecular formula is C33H29N7. The van der Waals surface area contributed by atoms with Crippen molar-refractivity contribution >= 4 is 22.1 Å². The number of rotatable bonds is 2. The molecule has 8 rings (SSSR count). The van der Waals surface area contributed by atoms with Crippen molar-refractivity contribution in [3.63, 3.8) is 0 Å². The number of imidazole rings is 3. The summed E-state index contributed by atoms with van der Waals surface area (Å²) in [5.41, 5.74) is 8.01. The van der Waals surface area contributed by atoms with E-state index in [1.165, 1.54) is 0 Å². The number of hydrogen-bond acceptors (Lipinski definition) is 3. The van der Waals surface area contributed by atoms with Gasteiger partial charge in [0.15, 0.2) is 0 Å². The Morgan fingerprint density at radius 3 is 1.70 bits per heavy atom. The first-order valence-corrected chi connectivity index (χ1v) is 13.6. The molecule has 0 atom stereocenters. The van der Waals surface area contributed by atoms with Crippen LogP contribution in [0.1, 0.15) is 50.9 Å². The first-order valence-electron chi connectivity index (χ1n) is 13.6. The predicted octanol–water partition coefficient (Wildman–Crippen LogP) is 7.05. The van der Waals surface area contributed by atoms with Crippen LogP contribution < -0.4 is 0 Å². The van der Waals surface area contributed by atoms with Crippen LogP contribution in [-0.4, -0.2) is 34.1 Å². The Hall–Kier alpha value is -4.91. The highest BCUT2D eigenvalue weighted by molar-refractivity contribution is 6.02. The number of hydrogen-bond donors (Lipinski definition) is 2. The predicted molar refractivity (Wildman–Crippen MR) is 158 cm³/mol. The molecule has 7 heteroatoms. The number of aromatic amines is 2. The number of nitrogens with zero attached hydrogens (tertiary/aromatic N) is 5. The van der Waals surface area contributed by atoms with Crippen LogP contribution in [0.5, 0.6) is 0 Å². The second kappa shape index (κ2) is 7.82. The summed E-state index contributed by atoms with van der Waals surface area (Å²) < 4.78 is 4.55. The fraction of sp³-hybridized carbons (Fsp3) is 0.182. The molecule has 2 N–H and O–H groups in total. The highest BCUT2D eigenvalue weighted by atomic mass is 15.1. The average molecular weight is 524 g/mol. The third-order valence-corrected chi connectivity index (χ3v) is 8.41. The molecule has 0 unspecified atom stereocenters. The lowest BCUT2D eigenvalue weighted by atomic mass is 9.88. The molecular weight excluding hydrogens is 494 g/mol. The van der Waals surface area contributed by atoms with E-state index in [0.29, 0.717) is 0 Å².